The standard InChI is InChI=1S/C6H7BrN4O/c7-4-1-9-6(10-2-4)11-3-5(8)12/h1-2H,3H2,(H2,8,12)(H,9,10,11). The number of hydrogen-bond acceptors (Lipinski definition) is 4. The van der Waals surface area contributed by atoms with E-state index >= 15 is 0 Å². The van der Waals surface area contributed by atoms with Crippen LogP contribution < -0.4 is 11.1 Å². The monoisotopic (exact) mass is 230 g/mol. The number of nitrogens with zero attached hydrogens (tertiary/aromatic N) is 2. The van der Waals surface area contributed by atoms with Gasteiger partial charge in [-0.1, -0.05) is 0 Å². The highest BCUT2D eigenvalue weighted by Crippen LogP contribution is 2.05. The molecule has 5 nitrogen and oxygen atoms in total. The van der Waals surface area contributed by atoms with Gasteiger partial charge >= 0.3 is 0 Å². The van der Waals surface area contributed by atoms with Gasteiger partial charge in [0.15, 0.2) is 0 Å². The fourth-order valence-electron chi connectivity index (χ4n) is 0.570. The number of carbonyl (C=O) groups excluding carboxylic acids is 1. The molecule has 0 aliphatic carbocycles. The predicted octanol–water partition coefficient (Wildman–Crippen LogP) is 0.136. The Morgan fingerprint density at radius 1 is 1.58 bits per heavy atom. The number of nitrogens with two attached hydrogens (primary N) is 1. The number of amides is 1. The molecule has 0 spiro atoms. The molecule has 6 heteroatoms. The van der Waals surface area contributed by atoms with Crippen LogP contribution in [0.1, 0.15) is 0 Å². The molecule has 1 aromatic rings. The highest BCUT2D eigenvalue weighted by molar-refractivity contribution is 9.10. The Morgan fingerprint density at radius 2 is 2.17 bits per heavy atom. The molecule has 1 amide bonds. The maximum absolute atomic E-state index is 10.3. The first-order valence-electron chi connectivity index (χ1n) is 3.18. The highest BCUT2D eigenvalue weighted by Gasteiger charge is 1.96. The van der Waals surface area contributed by atoms with Gasteiger partial charge in [-0.05, 0) is 15.9 Å². The summed E-state index contributed by atoms with van der Waals surface area (Å²) in [5.41, 5.74) is 4.90. The van der Waals surface area contributed by atoms with E-state index in [0.717, 1.165) is 4.47 Å². The van der Waals surface area contributed by atoms with Crippen molar-refractivity contribution in [3.63, 3.8) is 0 Å². The van der Waals surface area contributed by atoms with Gasteiger partial charge in [-0.2, -0.15) is 0 Å². The minimum absolute atomic E-state index is 0.0433. The number of carbonyl (C=O) groups is 1. The smallest absolute Gasteiger partial charge is 0.236 e. The second kappa shape index (κ2) is 4.01. The number of aromatic nitrogens is 2. The van der Waals surface area contributed by atoms with Crippen molar-refractivity contribution in [3.05, 3.63) is 16.9 Å². The molecular formula is C6H7BrN4O. The molecule has 1 rings (SSSR count). The van der Waals surface area contributed by atoms with Crippen LogP contribution in [0.3, 0.4) is 0 Å². The zero-order valence-electron chi connectivity index (χ0n) is 6.12. The van der Waals surface area contributed by atoms with Gasteiger partial charge < -0.3 is 11.1 Å². The van der Waals surface area contributed by atoms with Gasteiger partial charge in [-0.25, -0.2) is 9.97 Å². The average molecular weight is 231 g/mol. The van der Waals surface area contributed by atoms with E-state index in [2.05, 4.69) is 31.2 Å². The number of halogens is 1. The molecular weight excluding hydrogens is 224 g/mol. The summed E-state index contributed by atoms with van der Waals surface area (Å²) in [6.07, 6.45) is 3.16. The zero-order valence-corrected chi connectivity index (χ0v) is 7.71. The van der Waals surface area contributed by atoms with E-state index in [1.165, 1.54) is 0 Å². The van der Waals surface area contributed by atoms with E-state index in [1.807, 2.05) is 0 Å². The summed E-state index contributed by atoms with van der Waals surface area (Å²) in [6.45, 7) is 0.0433. The maximum Gasteiger partial charge on any atom is 0.236 e. The maximum atomic E-state index is 10.3. The van der Waals surface area contributed by atoms with E-state index in [-0.39, 0.29) is 6.54 Å². The molecule has 0 bridgehead atoms. The number of nitrogens with one attached hydrogen (secondary N) is 1. The van der Waals surface area contributed by atoms with Crippen LogP contribution >= 0.6 is 15.9 Å². The van der Waals surface area contributed by atoms with Gasteiger partial charge in [0.05, 0.1) is 11.0 Å². The highest BCUT2D eigenvalue weighted by atomic mass is 79.9. The SMILES string of the molecule is NC(=O)CNc1ncc(Br)cn1. The lowest BCUT2D eigenvalue weighted by atomic mass is 10.6. The number of hydrogen-bond donors (Lipinski definition) is 2. The Kier molecular flexibility index (Phi) is 2.98. The number of rotatable bonds is 3. The summed E-state index contributed by atoms with van der Waals surface area (Å²) < 4.78 is 0.784. The third kappa shape index (κ3) is 2.83. The van der Waals surface area contributed by atoms with E-state index < -0.39 is 5.91 Å². The summed E-state index contributed by atoms with van der Waals surface area (Å²) in [6, 6.07) is 0. The van der Waals surface area contributed by atoms with Crippen molar-refractivity contribution >= 4 is 27.8 Å². The molecule has 0 fully saturated rings. The van der Waals surface area contributed by atoms with Crippen molar-refractivity contribution in [1.29, 1.82) is 0 Å². The number of primary amides is 1. The molecule has 0 saturated heterocycles. The van der Waals surface area contributed by atoms with Gasteiger partial charge in [-0.15, -0.1) is 0 Å². The first-order chi connectivity index (χ1) is 5.68. The molecule has 3 N–H and O–H groups in total. The quantitative estimate of drug-likeness (QED) is 0.775. The molecule has 12 heavy (non-hydrogen) atoms. The van der Waals surface area contributed by atoms with Crippen LogP contribution in [0, 0.1) is 0 Å². The Bertz CT molecular complexity index is 273. The van der Waals surface area contributed by atoms with Crippen LogP contribution in [0.15, 0.2) is 16.9 Å². The van der Waals surface area contributed by atoms with Crippen molar-refractivity contribution in [2.45, 2.75) is 0 Å². The summed E-state index contributed by atoms with van der Waals surface area (Å²) in [4.78, 5) is 18.1. The van der Waals surface area contributed by atoms with Crippen LogP contribution in [-0.2, 0) is 4.79 Å². The molecule has 0 unspecified atom stereocenters. The Morgan fingerprint density at radius 3 is 2.67 bits per heavy atom. The normalized spacial score (nSPS) is 9.42. The predicted molar refractivity (Wildman–Crippen MR) is 47.4 cm³/mol. The lowest BCUT2D eigenvalue weighted by Gasteiger charge is -1.99. The second-order valence-corrected chi connectivity index (χ2v) is 2.96. The first kappa shape index (κ1) is 8.92. The van der Waals surface area contributed by atoms with E-state index in [1.54, 1.807) is 12.4 Å². The third-order valence-electron chi connectivity index (χ3n) is 1.04. The molecule has 0 aliphatic heterocycles. The van der Waals surface area contributed by atoms with Crippen LogP contribution in [0.4, 0.5) is 5.95 Å². The summed E-state index contributed by atoms with van der Waals surface area (Å²) in [7, 11) is 0. The largest absolute Gasteiger partial charge is 0.368 e. The lowest BCUT2D eigenvalue weighted by Crippen LogP contribution is -2.22. The molecule has 0 radical (unpaired) electrons. The summed E-state index contributed by atoms with van der Waals surface area (Å²) in [5.74, 6) is -0.0569. The summed E-state index contributed by atoms with van der Waals surface area (Å²) in [5, 5.41) is 2.65. The van der Waals surface area contributed by atoms with Gasteiger partial charge in [-0.3, -0.25) is 4.79 Å². The summed E-state index contributed by atoms with van der Waals surface area (Å²) >= 11 is 3.18. The Hall–Kier alpha value is -1.17. The van der Waals surface area contributed by atoms with Crippen molar-refractivity contribution in [2.24, 2.45) is 5.73 Å². The first-order valence-corrected chi connectivity index (χ1v) is 3.97. The molecule has 0 aliphatic rings. The fraction of sp³-hybridized carbons (Fsp3) is 0.167. The fourth-order valence-corrected chi connectivity index (χ4v) is 0.774. The zero-order chi connectivity index (χ0) is 8.97. The van der Waals surface area contributed by atoms with E-state index in [4.69, 9.17) is 5.73 Å². The molecule has 64 valence electrons. The lowest BCUT2D eigenvalue weighted by molar-refractivity contribution is -0.116. The van der Waals surface area contributed by atoms with Crippen molar-refractivity contribution in [2.75, 3.05) is 11.9 Å². The van der Waals surface area contributed by atoms with Crippen LogP contribution in [0.2, 0.25) is 0 Å². The molecule has 1 heterocycles. The second-order valence-electron chi connectivity index (χ2n) is 2.04. The van der Waals surface area contributed by atoms with Gasteiger partial charge in [0.2, 0.25) is 11.9 Å². The van der Waals surface area contributed by atoms with Gasteiger partial charge in [0.1, 0.15) is 0 Å². The molecule has 0 atom stereocenters. The van der Waals surface area contributed by atoms with Crippen LogP contribution in [0.25, 0.3) is 0 Å². The van der Waals surface area contributed by atoms with Crippen LogP contribution in [0.5, 0.6) is 0 Å². The van der Waals surface area contributed by atoms with E-state index in [9.17, 15) is 4.79 Å². The van der Waals surface area contributed by atoms with Gasteiger partial charge in [0, 0.05) is 12.4 Å². The molecule has 1 aromatic heterocycles. The van der Waals surface area contributed by atoms with Crippen LogP contribution in [-0.4, -0.2) is 22.4 Å². The van der Waals surface area contributed by atoms with Gasteiger partial charge in [0.25, 0.3) is 0 Å². The minimum atomic E-state index is -0.443. The third-order valence-corrected chi connectivity index (χ3v) is 1.45. The Balaban J connectivity index is 2.53. The topological polar surface area (TPSA) is 80.9 Å². The van der Waals surface area contributed by atoms with E-state index in [0.29, 0.717) is 5.95 Å². The average Bonchev–Trinajstić information content (AvgIpc) is 2.03. The van der Waals surface area contributed by atoms with Crippen molar-refractivity contribution in [3.8, 4) is 0 Å². The molecule has 0 aromatic carbocycles. The van der Waals surface area contributed by atoms with Crippen molar-refractivity contribution < 1.29 is 4.79 Å². The van der Waals surface area contributed by atoms with Crippen molar-refractivity contribution in [1.82, 2.24) is 9.97 Å². The minimum Gasteiger partial charge on any atom is -0.368 e. The molecule has 0 saturated carbocycles. The number of anilines is 1. The Labute approximate surface area is 77.5 Å².